The lowest BCUT2D eigenvalue weighted by molar-refractivity contribution is -0.134. The third-order valence-corrected chi connectivity index (χ3v) is 7.33. The summed E-state index contributed by atoms with van der Waals surface area (Å²) in [6, 6.07) is 0. The number of carbonyl (C=O) groups excluding carboxylic acids is 3. The van der Waals surface area contributed by atoms with Gasteiger partial charge in [-0.15, -0.1) is 0 Å². The Bertz CT molecular complexity index is 887. The minimum absolute atomic E-state index is 0.0519. The molecule has 4 rings (SSSR count). The maximum Gasteiger partial charge on any atom is 0.274 e. The van der Waals surface area contributed by atoms with Crippen LogP contribution in [0.3, 0.4) is 0 Å². The van der Waals surface area contributed by atoms with Crippen LogP contribution >= 0.6 is 0 Å². The quantitative estimate of drug-likeness (QED) is 0.547. The zero-order chi connectivity index (χ0) is 24.6. The average molecular weight is 489 g/mol. The second-order valence-electron chi connectivity index (χ2n) is 9.83. The molecular formula is C25H40N6O4. The van der Waals surface area contributed by atoms with Crippen molar-refractivity contribution in [3.05, 3.63) is 17.0 Å². The van der Waals surface area contributed by atoms with Gasteiger partial charge in [0, 0.05) is 70.3 Å². The standard InChI is InChI=1S/C25H40N6O4/c1-28-21-9-14-31(19-20(21)24(27-28)25(34)30-15-17-35-18-16-30)23(33)8-7-22(32)26-10-6-13-29-11-4-2-3-5-12-29/h2-19H2,1H3,(H,26,32). The van der Waals surface area contributed by atoms with Gasteiger partial charge in [-0.1, -0.05) is 12.8 Å². The summed E-state index contributed by atoms with van der Waals surface area (Å²) in [5, 5.41) is 7.46. The number of nitrogens with one attached hydrogen (secondary N) is 1. The van der Waals surface area contributed by atoms with Gasteiger partial charge in [-0.2, -0.15) is 5.10 Å². The van der Waals surface area contributed by atoms with Crippen molar-refractivity contribution in [1.29, 1.82) is 0 Å². The minimum atomic E-state index is -0.0981. The van der Waals surface area contributed by atoms with Crippen LogP contribution in [0.2, 0.25) is 0 Å². The highest BCUT2D eigenvalue weighted by atomic mass is 16.5. The van der Waals surface area contributed by atoms with Crippen LogP contribution in [0, 0.1) is 0 Å². The van der Waals surface area contributed by atoms with Crippen LogP contribution in [0.4, 0.5) is 0 Å². The number of morpholine rings is 1. The molecule has 3 aliphatic rings. The van der Waals surface area contributed by atoms with Crippen LogP contribution in [0.5, 0.6) is 0 Å². The molecule has 1 N–H and O–H groups in total. The Morgan fingerprint density at radius 3 is 2.43 bits per heavy atom. The van der Waals surface area contributed by atoms with Gasteiger partial charge in [0.2, 0.25) is 11.8 Å². The highest BCUT2D eigenvalue weighted by Gasteiger charge is 2.31. The Morgan fingerprint density at radius 2 is 1.69 bits per heavy atom. The van der Waals surface area contributed by atoms with Crippen LogP contribution in [0.1, 0.15) is 66.7 Å². The molecule has 3 aliphatic heterocycles. The number of fused-ring (bicyclic) bond motifs is 1. The van der Waals surface area contributed by atoms with E-state index in [1.165, 1.54) is 25.7 Å². The number of nitrogens with zero attached hydrogens (tertiary/aromatic N) is 5. The number of likely N-dealkylation sites (tertiary alicyclic amines) is 1. The molecule has 0 bridgehead atoms. The molecule has 1 aromatic rings. The number of rotatable bonds is 8. The Morgan fingerprint density at radius 1 is 0.943 bits per heavy atom. The second kappa shape index (κ2) is 12.5. The summed E-state index contributed by atoms with van der Waals surface area (Å²) in [5.74, 6) is -0.223. The summed E-state index contributed by atoms with van der Waals surface area (Å²) < 4.78 is 7.12. The van der Waals surface area contributed by atoms with Gasteiger partial charge in [0.25, 0.3) is 5.91 Å². The number of amides is 3. The van der Waals surface area contributed by atoms with E-state index in [4.69, 9.17) is 4.74 Å². The van der Waals surface area contributed by atoms with Crippen molar-refractivity contribution in [2.45, 2.75) is 57.9 Å². The lowest BCUT2D eigenvalue weighted by Crippen LogP contribution is -2.42. The molecule has 1 aromatic heterocycles. The topological polar surface area (TPSA) is 100 Å². The Balaban J connectivity index is 1.22. The summed E-state index contributed by atoms with van der Waals surface area (Å²) in [6.07, 6.45) is 7.17. The van der Waals surface area contributed by atoms with Gasteiger partial charge in [-0.25, -0.2) is 0 Å². The monoisotopic (exact) mass is 488 g/mol. The van der Waals surface area contributed by atoms with Gasteiger partial charge < -0.3 is 24.8 Å². The predicted octanol–water partition coefficient (Wildman–Crippen LogP) is 0.940. The summed E-state index contributed by atoms with van der Waals surface area (Å²) in [4.78, 5) is 44.2. The van der Waals surface area contributed by atoms with Gasteiger partial charge in [-0.05, 0) is 38.9 Å². The first kappa shape index (κ1) is 25.6. The fourth-order valence-electron chi connectivity index (χ4n) is 5.25. The van der Waals surface area contributed by atoms with Crippen molar-refractivity contribution in [3.63, 3.8) is 0 Å². The van der Waals surface area contributed by atoms with E-state index in [0.717, 1.165) is 37.3 Å². The van der Waals surface area contributed by atoms with E-state index in [0.29, 0.717) is 58.1 Å². The van der Waals surface area contributed by atoms with Gasteiger partial charge in [0.05, 0.1) is 13.2 Å². The molecule has 10 nitrogen and oxygen atoms in total. The molecule has 0 unspecified atom stereocenters. The SMILES string of the molecule is Cn1nc(C(=O)N2CCOCC2)c2c1CCN(C(=O)CCC(=O)NCCCN1CCCCCC1)C2. The fourth-order valence-corrected chi connectivity index (χ4v) is 5.25. The lowest BCUT2D eigenvalue weighted by atomic mass is 10.0. The highest BCUT2D eigenvalue weighted by Crippen LogP contribution is 2.24. The third kappa shape index (κ3) is 6.82. The highest BCUT2D eigenvalue weighted by molar-refractivity contribution is 5.94. The Hall–Kier alpha value is -2.46. The molecule has 10 heteroatoms. The molecule has 4 heterocycles. The van der Waals surface area contributed by atoms with E-state index in [1.54, 1.807) is 14.5 Å². The molecule has 0 spiro atoms. The smallest absolute Gasteiger partial charge is 0.274 e. The Kier molecular flexibility index (Phi) is 9.14. The molecule has 0 saturated carbocycles. The van der Waals surface area contributed by atoms with Crippen molar-refractivity contribution in [2.24, 2.45) is 7.05 Å². The molecule has 2 saturated heterocycles. The molecule has 194 valence electrons. The normalized spacial score (nSPS) is 19.2. The lowest BCUT2D eigenvalue weighted by Gasteiger charge is -2.29. The first-order valence-corrected chi connectivity index (χ1v) is 13.2. The van der Waals surface area contributed by atoms with E-state index >= 15 is 0 Å². The summed E-state index contributed by atoms with van der Waals surface area (Å²) >= 11 is 0. The molecular weight excluding hydrogens is 448 g/mol. The zero-order valence-electron chi connectivity index (χ0n) is 21.1. The summed E-state index contributed by atoms with van der Waals surface area (Å²) in [5.41, 5.74) is 2.28. The van der Waals surface area contributed by atoms with Gasteiger partial charge in [-0.3, -0.25) is 19.1 Å². The molecule has 2 fully saturated rings. The largest absolute Gasteiger partial charge is 0.378 e. The van der Waals surface area contributed by atoms with Crippen LogP contribution < -0.4 is 5.32 Å². The maximum absolute atomic E-state index is 13.1. The molecule has 0 atom stereocenters. The van der Waals surface area contributed by atoms with Crippen LogP contribution in [0.15, 0.2) is 0 Å². The molecule has 35 heavy (non-hydrogen) atoms. The van der Waals surface area contributed by atoms with E-state index < -0.39 is 0 Å². The van der Waals surface area contributed by atoms with Crippen LogP contribution in [-0.4, -0.2) is 101 Å². The van der Waals surface area contributed by atoms with Crippen molar-refractivity contribution in [2.75, 3.05) is 59.0 Å². The number of hydrogen-bond donors (Lipinski definition) is 1. The minimum Gasteiger partial charge on any atom is -0.378 e. The van der Waals surface area contributed by atoms with Crippen LogP contribution in [-0.2, 0) is 34.3 Å². The molecule has 0 radical (unpaired) electrons. The molecule has 3 amide bonds. The summed E-state index contributed by atoms with van der Waals surface area (Å²) in [6.45, 7) is 7.12. The Labute approximate surface area is 207 Å². The number of aryl methyl sites for hydroxylation is 1. The van der Waals surface area contributed by atoms with Gasteiger partial charge in [0.1, 0.15) is 0 Å². The number of aromatic nitrogens is 2. The molecule has 0 aliphatic carbocycles. The van der Waals surface area contributed by atoms with Gasteiger partial charge in [0.15, 0.2) is 5.69 Å². The van der Waals surface area contributed by atoms with E-state index in [2.05, 4.69) is 15.3 Å². The van der Waals surface area contributed by atoms with Crippen LogP contribution in [0.25, 0.3) is 0 Å². The number of carbonyl (C=O) groups is 3. The number of hydrogen-bond acceptors (Lipinski definition) is 6. The third-order valence-electron chi connectivity index (χ3n) is 7.33. The number of ether oxygens (including phenoxy) is 1. The summed E-state index contributed by atoms with van der Waals surface area (Å²) in [7, 11) is 1.85. The van der Waals surface area contributed by atoms with E-state index in [1.807, 2.05) is 7.05 Å². The maximum atomic E-state index is 13.1. The molecule has 0 aromatic carbocycles. The average Bonchev–Trinajstić information content (AvgIpc) is 3.03. The second-order valence-corrected chi connectivity index (χ2v) is 9.83. The van der Waals surface area contributed by atoms with Crippen molar-refractivity contribution in [3.8, 4) is 0 Å². The first-order valence-electron chi connectivity index (χ1n) is 13.2. The first-order chi connectivity index (χ1) is 17.0. The van der Waals surface area contributed by atoms with E-state index in [-0.39, 0.29) is 30.6 Å². The van der Waals surface area contributed by atoms with Gasteiger partial charge >= 0.3 is 0 Å². The predicted molar refractivity (Wildman–Crippen MR) is 131 cm³/mol. The van der Waals surface area contributed by atoms with Crippen molar-refractivity contribution >= 4 is 17.7 Å². The van der Waals surface area contributed by atoms with Crippen molar-refractivity contribution < 1.29 is 19.1 Å². The van der Waals surface area contributed by atoms with E-state index in [9.17, 15) is 14.4 Å². The van der Waals surface area contributed by atoms with Crippen molar-refractivity contribution in [1.82, 2.24) is 29.8 Å². The zero-order valence-corrected chi connectivity index (χ0v) is 21.1. The fraction of sp³-hybridized carbons (Fsp3) is 0.760.